The fourth-order valence-corrected chi connectivity index (χ4v) is 2.69. The second-order valence-electron chi connectivity index (χ2n) is 3.76. The standard InChI is InChI=1S/C11H15BrN2O/c1-15-9-4-6-14-11(10(9)12)8-3-2-5-13-7-8/h4,6,8,13H,2-3,5,7H2,1H3. The molecule has 0 aromatic carbocycles. The number of ether oxygens (including phenoxy) is 1. The fraction of sp³-hybridized carbons (Fsp3) is 0.545. The summed E-state index contributed by atoms with van der Waals surface area (Å²) in [5, 5.41) is 3.40. The molecule has 1 aliphatic heterocycles. The lowest BCUT2D eigenvalue weighted by Gasteiger charge is -2.23. The van der Waals surface area contributed by atoms with Gasteiger partial charge in [-0.25, -0.2) is 0 Å². The SMILES string of the molecule is COc1ccnc(C2CCCNC2)c1Br. The van der Waals surface area contributed by atoms with E-state index in [2.05, 4.69) is 26.2 Å². The van der Waals surface area contributed by atoms with Crippen molar-refractivity contribution in [3.8, 4) is 5.75 Å². The molecule has 0 aliphatic carbocycles. The van der Waals surface area contributed by atoms with Crippen LogP contribution in [0.15, 0.2) is 16.7 Å². The molecule has 0 saturated carbocycles. The normalized spacial score (nSPS) is 21.3. The number of hydrogen-bond acceptors (Lipinski definition) is 3. The molecule has 1 fully saturated rings. The van der Waals surface area contributed by atoms with Crippen LogP contribution in [0, 0.1) is 0 Å². The van der Waals surface area contributed by atoms with Crippen LogP contribution in [0.5, 0.6) is 5.75 Å². The van der Waals surface area contributed by atoms with E-state index in [0.29, 0.717) is 5.92 Å². The van der Waals surface area contributed by atoms with Crippen molar-refractivity contribution in [3.05, 3.63) is 22.4 Å². The van der Waals surface area contributed by atoms with Crippen LogP contribution >= 0.6 is 15.9 Å². The van der Waals surface area contributed by atoms with Crippen LogP contribution in [0.3, 0.4) is 0 Å². The molecule has 0 amide bonds. The Morgan fingerprint density at radius 3 is 3.13 bits per heavy atom. The third-order valence-electron chi connectivity index (χ3n) is 2.78. The second-order valence-corrected chi connectivity index (χ2v) is 4.55. The summed E-state index contributed by atoms with van der Waals surface area (Å²) in [5.41, 5.74) is 1.11. The van der Waals surface area contributed by atoms with Gasteiger partial charge >= 0.3 is 0 Å². The van der Waals surface area contributed by atoms with E-state index in [-0.39, 0.29) is 0 Å². The Morgan fingerprint density at radius 1 is 1.60 bits per heavy atom. The minimum atomic E-state index is 0.503. The number of hydrogen-bond donors (Lipinski definition) is 1. The van der Waals surface area contributed by atoms with Crippen molar-refractivity contribution in [2.45, 2.75) is 18.8 Å². The van der Waals surface area contributed by atoms with Gasteiger partial charge in [-0.3, -0.25) is 4.98 Å². The summed E-state index contributed by atoms with van der Waals surface area (Å²) >= 11 is 3.56. The van der Waals surface area contributed by atoms with Gasteiger partial charge in [0.15, 0.2) is 0 Å². The van der Waals surface area contributed by atoms with E-state index in [4.69, 9.17) is 4.74 Å². The number of nitrogens with zero attached hydrogens (tertiary/aromatic N) is 1. The lowest BCUT2D eigenvalue weighted by Crippen LogP contribution is -2.29. The maximum atomic E-state index is 5.27. The van der Waals surface area contributed by atoms with Crippen LogP contribution in [0.25, 0.3) is 0 Å². The number of nitrogens with one attached hydrogen (secondary N) is 1. The molecule has 0 radical (unpaired) electrons. The molecule has 1 N–H and O–H groups in total. The Balaban J connectivity index is 2.26. The highest BCUT2D eigenvalue weighted by molar-refractivity contribution is 9.10. The molecule has 1 atom stereocenters. The Morgan fingerprint density at radius 2 is 2.47 bits per heavy atom. The van der Waals surface area contributed by atoms with Crippen molar-refractivity contribution in [1.82, 2.24) is 10.3 Å². The van der Waals surface area contributed by atoms with Gasteiger partial charge in [-0.15, -0.1) is 0 Å². The topological polar surface area (TPSA) is 34.1 Å². The molecule has 1 aromatic rings. The molecule has 2 rings (SSSR count). The lowest BCUT2D eigenvalue weighted by atomic mass is 9.95. The Labute approximate surface area is 98.4 Å². The van der Waals surface area contributed by atoms with Crippen molar-refractivity contribution in [3.63, 3.8) is 0 Å². The molecule has 4 heteroatoms. The highest BCUT2D eigenvalue weighted by Gasteiger charge is 2.20. The summed E-state index contributed by atoms with van der Waals surface area (Å²) in [4.78, 5) is 4.44. The van der Waals surface area contributed by atoms with Gasteiger partial charge < -0.3 is 10.1 Å². The first-order valence-corrected chi connectivity index (χ1v) is 6.01. The van der Waals surface area contributed by atoms with Gasteiger partial charge in [0.05, 0.1) is 17.3 Å². The van der Waals surface area contributed by atoms with E-state index in [9.17, 15) is 0 Å². The van der Waals surface area contributed by atoms with Crippen LogP contribution < -0.4 is 10.1 Å². The Bertz CT molecular complexity index is 337. The molecule has 1 saturated heterocycles. The number of methoxy groups -OCH3 is 1. The summed E-state index contributed by atoms with van der Waals surface area (Å²) in [5.74, 6) is 1.37. The largest absolute Gasteiger partial charge is 0.495 e. The molecule has 1 aliphatic rings. The van der Waals surface area contributed by atoms with E-state index >= 15 is 0 Å². The average Bonchev–Trinajstić information content (AvgIpc) is 2.30. The molecule has 82 valence electrons. The van der Waals surface area contributed by atoms with E-state index in [1.807, 2.05) is 12.3 Å². The van der Waals surface area contributed by atoms with Crippen LogP contribution in [-0.2, 0) is 0 Å². The van der Waals surface area contributed by atoms with Crippen molar-refractivity contribution in [2.75, 3.05) is 20.2 Å². The van der Waals surface area contributed by atoms with E-state index < -0.39 is 0 Å². The van der Waals surface area contributed by atoms with Gasteiger partial charge in [0.1, 0.15) is 5.75 Å². The van der Waals surface area contributed by atoms with Crippen LogP contribution in [0.2, 0.25) is 0 Å². The summed E-state index contributed by atoms with van der Waals surface area (Å²) in [6.45, 7) is 2.14. The average molecular weight is 271 g/mol. The maximum Gasteiger partial charge on any atom is 0.136 e. The number of aromatic nitrogens is 1. The smallest absolute Gasteiger partial charge is 0.136 e. The first kappa shape index (κ1) is 10.9. The van der Waals surface area contributed by atoms with Crippen molar-refractivity contribution in [1.29, 1.82) is 0 Å². The zero-order valence-corrected chi connectivity index (χ0v) is 10.4. The Hall–Kier alpha value is -0.610. The molecule has 0 spiro atoms. The number of rotatable bonds is 2. The predicted molar refractivity (Wildman–Crippen MR) is 63.3 cm³/mol. The van der Waals surface area contributed by atoms with Gasteiger partial charge in [0.25, 0.3) is 0 Å². The molecular weight excluding hydrogens is 256 g/mol. The summed E-state index contributed by atoms with van der Waals surface area (Å²) in [6, 6.07) is 1.88. The maximum absolute atomic E-state index is 5.27. The Kier molecular flexibility index (Phi) is 3.59. The lowest BCUT2D eigenvalue weighted by molar-refractivity contribution is 0.406. The van der Waals surface area contributed by atoms with Gasteiger partial charge in [-0.05, 0) is 41.4 Å². The molecular formula is C11H15BrN2O. The van der Waals surface area contributed by atoms with Gasteiger partial charge in [-0.2, -0.15) is 0 Å². The zero-order chi connectivity index (χ0) is 10.7. The fourth-order valence-electron chi connectivity index (χ4n) is 1.97. The summed E-state index contributed by atoms with van der Waals surface area (Å²) < 4.78 is 6.27. The third-order valence-corrected chi connectivity index (χ3v) is 3.58. The first-order chi connectivity index (χ1) is 7.33. The first-order valence-electron chi connectivity index (χ1n) is 5.22. The highest BCUT2D eigenvalue weighted by Crippen LogP contribution is 2.33. The minimum Gasteiger partial charge on any atom is -0.495 e. The van der Waals surface area contributed by atoms with E-state index in [1.54, 1.807) is 7.11 Å². The number of pyridine rings is 1. The molecule has 1 unspecified atom stereocenters. The van der Waals surface area contributed by atoms with E-state index in [1.165, 1.54) is 12.8 Å². The third kappa shape index (κ3) is 2.32. The minimum absolute atomic E-state index is 0.503. The molecule has 3 nitrogen and oxygen atoms in total. The molecule has 0 bridgehead atoms. The van der Waals surface area contributed by atoms with E-state index in [0.717, 1.165) is 29.0 Å². The van der Waals surface area contributed by atoms with Crippen LogP contribution in [0.1, 0.15) is 24.5 Å². The van der Waals surface area contributed by atoms with Crippen molar-refractivity contribution in [2.24, 2.45) is 0 Å². The van der Waals surface area contributed by atoms with Crippen molar-refractivity contribution < 1.29 is 4.74 Å². The quantitative estimate of drug-likeness (QED) is 0.896. The second kappa shape index (κ2) is 4.94. The predicted octanol–water partition coefficient (Wildman–Crippen LogP) is 2.32. The molecule has 2 heterocycles. The highest BCUT2D eigenvalue weighted by atomic mass is 79.9. The zero-order valence-electron chi connectivity index (χ0n) is 8.79. The molecule has 1 aromatic heterocycles. The number of piperidine rings is 1. The van der Waals surface area contributed by atoms with Crippen molar-refractivity contribution >= 4 is 15.9 Å². The van der Waals surface area contributed by atoms with Gasteiger partial charge in [0, 0.05) is 18.7 Å². The van der Waals surface area contributed by atoms with Crippen LogP contribution in [-0.4, -0.2) is 25.2 Å². The monoisotopic (exact) mass is 270 g/mol. The molecule has 15 heavy (non-hydrogen) atoms. The summed E-state index contributed by atoms with van der Waals surface area (Å²) in [6.07, 6.45) is 4.23. The summed E-state index contributed by atoms with van der Waals surface area (Å²) in [7, 11) is 1.68. The van der Waals surface area contributed by atoms with Crippen LogP contribution in [0.4, 0.5) is 0 Å². The van der Waals surface area contributed by atoms with Gasteiger partial charge in [-0.1, -0.05) is 0 Å². The van der Waals surface area contributed by atoms with Gasteiger partial charge in [0.2, 0.25) is 0 Å². The number of halogens is 1.